The van der Waals surface area contributed by atoms with E-state index < -0.39 is 0 Å². The zero-order chi connectivity index (χ0) is 20.6. The molecule has 4 nitrogen and oxygen atoms in total. The normalized spacial score (nSPS) is 15.3. The summed E-state index contributed by atoms with van der Waals surface area (Å²) < 4.78 is 5.70. The summed E-state index contributed by atoms with van der Waals surface area (Å²) in [4.78, 5) is 14.8. The molecule has 0 spiro atoms. The van der Waals surface area contributed by atoms with Gasteiger partial charge in [-0.05, 0) is 67.7 Å². The molecule has 1 aliphatic rings. The highest BCUT2D eigenvalue weighted by Crippen LogP contribution is 2.25. The lowest BCUT2D eigenvalue weighted by atomic mass is 9.95. The smallest absolute Gasteiger partial charge is 0.223 e. The monoisotopic (exact) mass is 434 g/mol. The largest absolute Gasteiger partial charge is 0.492 e. The zero-order valence-corrected chi connectivity index (χ0v) is 18.3. The molecule has 1 heterocycles. The Kier molecular flexibility index (Phi) is 8.22. The van der Waals surface area contributed by atoms with Crippen molar-refractivity contribution < 1.29 is 9.53 Å². The minimum atomic E-state index is 0.0730. The number of hydrogen-bond acceptors (Lipinski definition) is 3. The topological polar surface area (TPSA) is 41.6 Å². The lowest BCUT2D eigenvalue weighted by Gasteiger charge is -2.31. The van der Waals surface area contributed by atoms with Crippen LogP contribution in [-0.4, -0.2) is 37.0 Å². The molecule has 3 rings (SSSR count). The van der Waals surface area contributed by atoms with Crippen LogP contribution in [0, 0.1) is 5.92 Å². The number of rotatable bonds is 8. The van der Waals surface area contributed by atoms with Crippen molar-refractivity contribution in [1.82, 2.24) is 10.2 Å². The number of ether oxygens (including phenoxy) is 1. The molecule has 0 aliphatic carbocycles. The second-order valence-corrected chi connectivity index (χ2v) is 8.25. The van der Waals surface area contributed by atoms with Gasteiger partial charge in [0, 0.05) is 12.5 Å². The first-order chi connectivity index (χ1) is 14.0. The second-order valence-electron chi connectivity index (χ2n) is 7.44. The fourth-order valence-corrected chi connectivity index (χ4v) is 3.88. The number of hydrogen-bond donors (Lipinski definition) is 1. The Balaban J connectivity index is 1.34. The minimum absolute atomic E-state index is 0.0730. The van der Waals surface area contributed by atoms with Gasteiger partial charge in [-0.15, -0.1) is 0 Å². The minimum Gasteiger partial charge on any atom is -0.492 e. The molecule has 0 bridgehead atoms. The quantitative estimate of drug-likeness (QED) is 0.596. The van der Waals surface area contributed by atoms with E-state index in [1.165, 1.54) is 5.56 Å². The number of amides is 1. The maximum absolute atomic E-state index is 12.4. The third-order valence-electron chi connectivity index (χ3n) is 5.35. The van der Waals surface area contributed by atoms with Crippen LogP contribution < -0.4 is 10.1 Å². The van der Waals surface area contributed by atoms with E-state index in [1.807, 2.05) is 30.3 Å². The predicted octanol–water partition coefficient (Wildman–Crippen LogP) is 4.96. The van der Waals surface area contributed by atoms with Gasteiger partial charge in [0.25, 0.3) is 0 Å². The molecule has 1 saturated heterocycles. The van der Waals surface area contributed by atoms with Crippen LogP contribution in [0.2, 0.25) is 10.0 Å². The van der Waals surface area contributed by atoms with Crippen molar-refractivity contribution in [2.45, 2.75) is 32.7 Å². The van der Waals surface area contributed by atoms with Crippen molar-refractivity contribution in [1.29, 1.82) is 0 Å². The van der Waals surface area contributed by atoms with Gasteiger partial charge in [-0.25, -0.2) is 0 Å². The average Bonchev–Trinajstić information content (AvgIpc) is 2.74. The molecule has 0 saturated carbocycles. The highest BCUT2D eigenvalue weighted by molar-refractivity contribution is 6.42. The SMILES string of the molecule is CCc1ccc(OCCNC(=O)C2CCN(Cc3ccc(Cl)c(Cl)c3)CC2)cc1. The summed E-state index contributed by atoms with van der Waals surface area (Å²) in [5, 5.41) is 4.17. The molecule has 1 fully saturated rings. The van der Waals surface area contributed by atoms with Crippen molar-refractivity contribution >= 4 is 29.1 Å². The van der Waals surface area contributed by atoms with E-state index in [-0.39, 0.29) is 11.8 Å². The summed E-state index contributed by atoms with van der Waals surface area (Å²) in [5.74, 6) is 1.04. The van der Waals surface area contributed by atoms with Crippen LogP contribution >= 0.6 is 23.2 Å². The Morgan fingerprint density at radius 3 is 2.41 bits per heavy atom. The van der Waals surface area contributed by atoms with Crippen molar-refractivity contribution in [2.75, 3.05) is 26.2 Å². The molecule has 156 valence electrons. The summed E-state index contributed by atoms with van der Waals surface area (Å²) >= 11 is 12.1. The molecule has 1 amide bonds. The highest BCUT2D eigenvalue weighted by Gasteiger charge is 2.24. The molecule has 1 aliphatic heterocycles. The van der Waals surface area contributed by atoms with Crippen LogP contribution in [0.3, 0.4) is 0 Å². The number of piperidine rings is 1. The molecule has 0 atom stereocenters. The van der Waals surface area contributed by atoms with Gasteiger partial charge in [-0.3, -0.25) is 9.69 Å². The number of aryl methyl sites for hydroxylation is 1. The standard InChI is InChI=1S/C23H28Cl2N2O2/c1-2-17-3-6-20(7-4-17)29-14-11-26-23(28)19-9-12-27(13-10-19)16-18-5-8-21(24)22(25)15-18/h3-8,15,19H,2,9-14,16H2,1H3,(H,26,28). The van der Waals surface area contributed by atoms with Gasteiger partial charge in [-0.2, -0.15) is 0 Å². The van der Waals surface area contributed by atoms with E-state index in [1.54, 1.807) is 0 Å². The highest BCUT2D eigenvalue weighted by atomic mass is 35.5. The van der Waals surface area contributed by atoms with Gasteiger partial charge in [0.2, 0.25) is 5.91 Å². The van der Waals surface area contributed by atoms with E-state index in [2.05, 4.69) is 29.3 Å². The van der Waals surface area contributed by atoms with Crippen LogP contribution in [0.5, 0.6) is 5.75 Å². The Morgan fingerprint density at radius 1 is 1.07 bits per heavy atom. The molecule has 0 radical (unpaired) electrons. The van der Waals surface area contributed by atoms with E-state index >= 15 is 0 Å². The van der Waals surface area contributed by atoms with Crippen molar-refractivity contribution in [3.63, 3.8) is 0 Å². The van der Waals surface area contributed by atoms with Crippen LogP contribution in [0.25, 0.3) is 0 Å². The van der Waals surface area contributed by atoms with E-state index in [9.17, 15) is 4.79 Å². The first kappa shape index (κ1) is 21.9. The van der Waals surface area contributed by atoms with E-state index in [4.69, 9.17) is 27.9 Å². The first-order valence-electron chi connectivity index (χ1n) is 10.2. The number of carbonyl (C=O) groups is 1. The fourth-order valence-electron chi connectivity index (χ4n) is 3.56. The van der Waals surface area contributed by atoms with E-state index in [0.29, 0.717) is 23.2 Å². The average molecular weight is 435 g/mol. The van der Waals surface area contributed by atoms with Crippen LogP contribution in [0.15, 0.2) is 42.5 Å². The first-order valence-corrected chi connectivity index (χ1v) is 11.0. The lowest BCUT2D eigenvalue weighted by Crippen LogP contribution is -2.41. The lowest BCUT2D eigenvalue weighted by molar-refractivity contribution is -0.126. The maximum Gasteiger partial charge on any atom is 0.223 e. The molecule has 0 aromatic heterocycles. The van der Waals surface area contributed by atoms with Crippen LogP contribution in [0.4, 0.5) is 0 Å². The Labute approximate surface area is 183 Å². The number of halogens is 2. The third-order valence-corrected chi connectivity index (χ3v) is 6.09. The van der Waals surface area contributed by atoms with Crippen molar-refractivity contribution in [3.8, 4) is 5.75 Å². The van der Waals surface area contributed by atoms with Gasteiger partial charge >= 0.3 is 0 Å². The summed E-state index contributed by atoms with van der Waals surface area (Å²) in [6, 6.07) is 13.8. The maximum atomic E-state index is 12.4. The number of carbonyl (C=O) groups excluding carboxylic acids is 1. The van der Waals surface area contributed by atoms with Crippen LogP contribution in [0.1, 0.15) is 30.9 Å². The molecule has 0 unspecified atom stereocenters. The molecule has 1 N–H and O–H groups in total. The van der Waals surface area contributed by atoms with Gasteiger partial charge in [-0.1, -0.05) is 48.3 Å². The second kappa shape index (κ2) is 10.9. The molecular weight excluding hydrogens is 407 g/mol. The summed E-state index contributed by atoms with van der Waals surface area (Å²) in [5.41, 5.74) is 2.43. The van der Waals surface area contributed by atoms with Gasteiger partial charge in [0.1, 0.15) is 12.4 Å². The van der Waals surface area contributed by atoms with Gasteiger partial charge < -0.3 is 10.1 Å². The summed E-state index contributed by atoms with van der Waals surface area (Å²) in [6.07, 6.45) is 2.75. The van der Waals surface area contributed by atoms with Gasteiger partial charge in [0.05, 0.1) is 16.6 Å². The van der Waals surface area contributed by atoms with Crippen molar-refractivity contribution in [3.05, 3.63) is 63.6 Å². The Morgan fingerprint density at radius 2 is 1.76 bits per heavy atom. The molecular formula is C23H28Cl2N2O2. The molecule has 6 heteroatoms. The third kappa shape index (κ3) is 6.63. The number of nitrogens with one attached hydrogen (secondary N) is 1. The summed E-state index contributed by atoms with van der Waals surface area (Å²) in [7, 11) is 0. The Hall–Kier alpha value is -1.75. The van der Waals surface area contributed by atoms with Gasteiger partial charge in [0.15, 0.2) is 0 Å². The molecule has 29 heavy (non-hydrogen) atoms. The predicted molar refractivity (Wildman–Crippen MR) is 119 cm³/mol. The number of likely N-dealkylation sites (tertiary alicyclic amines) is 1. The molecule has 2 aromatic carbocycles. The fraction of sp³-hybridized carbons (Fsp3) is 0.435. The summed E-state index contributed by atoms with van der Waals surface area (Å²) in [6.45, 7) is 5.77. The Bertz CT molecular complexity index is 803. The number of benzene rings is 2. The van der Waals surface area contributed by atoms with E-state index in [0.717, 1.165) is 50.2 Å². The van der Waals surface area contributed by atoms with Crippen molar-refractivity contribution in [2.24, 2.45) is 5.92 Å². The zero-order valence-electron chi connectivity index (χ0n) is 16.8. The number of nitrogens with zero attached hydrogens (tertiary/aromatic N) is 1. The molecule has 2 aromatic rings. The van der Waals surface area contributed by atoms with Crippen LogP contribution in [-0.2, 0) is 17.8 Å².